The molecule has 1 rings (SSSR count). The molecule has 1 fully saturated rings. The number of aliphatic hydroxyl groups is 1. The fraction of sp³-hybridized carbons (Fsp3) is 0.923. The Labute approximate surface area is 116 Å². The first kappa shape index (κ1) is 16.4. The number of piperazine rings is 1. The Morgan fingerprint density at radius 3 is 2.63 bits per heavy atom. The molecular formula is C13H28N4O2. The van der Waals surface area contributed by atoms with Gasteiger partial charge in [-0.2, -0.15) is 0 Å². The SMILES string of the molecule is CNC(=O)C(C)CN(C)CC(O)CN1CCNCC1. The van der Waals surface area contributed by atoms with Gasteiger partial charge in [0.15, 0.2) is 0 Å². The van der Waals surface area contributed by atoms with Gasteiger partial charge in [-0.25, -0.2) is 0 Å². The molecule has 2 atom stereocenters. The molecule has 1 amide bonds. The molecule has 19 heavy (non-hydrogen) atoms. The number of hydrogen-bond acceptors (Lipinski definition) is 5. The number of β-amino-alcohol motifs (C(OH)–C–C–N with tert-alkyl or cyclic N) is 1. The molecule has 3 N–H and O–H groups in total. The number of aliphatic hydroxyl groups excluding tert-OH is 1. The van der Waals surface area contributed by atoms with Crippen molar-refractivity contribution in [1.29, 1.82) is 0 Å². The molecule has 0 bridgehead atoms. The minimum Gasteiger partial charge on any atom is -0.390 e. The third kappa shape index (κ3) is 6.33. The predicted molar refractivity (Wildman–Crippen MR) is 76.0 cm³/mol. The lowest BCUT2D eigenvalue weighted by molar-refractivity contribution is -0.124. The molecular weight excluding hydrogens is 244 g/mol. The summed E-state index contributed by atoms with van der Waals surface area (Å²) in [6.45, 7) is 7.86. The summed E-state index contributed by atoms with van der Waals surface area (Å²) in [4.78, 5) is 15.7. The fourth-order valence-electron chi connectivity index (χ4n) is 2.48. The molecule has 6 nitrogen and oxygen atoms in total. The molecule has 0 aromatic heterocycles. The van der Waals surface area contributed by atoms with E-state index in [4.69, 9.17) is 0 Å². The second-order valence-electron chi connectivity index (χ2n) is 5.44. The topological polar surface area (TPSA) is 67.8 Å². The van der Waals surface area contributed by atoms with Crippen LogP contribution in [0.15, 0.2) is 0 Å². The van der Waals surface area contributed by atoms with Crippen molar-refractivity contribution in [2.75, 3.05) is 59.9 Å². The molecule has 1 saturated heterocycles. The van der Waals surface area contributed by atoms with Crippen LogP contribution in [-0.4, -0.2) is 86.8 Å². The van der Waals surface area contributed by atoms with Gasteiger partial charge in [-0.1, -0.05) is 6.92 Å². The number of rotatable bonds is 7. The Balaban J connectivity index is 2.22. The average Bonchev–Trinajstić information content (AvgIpc) is 2.38. The van der Waals surface area contributed by atoms with Crippen molar-refractivity contribution < 1.29 is 9.90 Å². The number of carbonyl (C=O) groups is 1. The van der Waals surface area contributed by atoms with Crippen LogP contribution in [0.4, 0.5) is 0 Å². The second-order valence-corrected chi connectivity index (χ2v) is 5.44. The Kier molecular flexibility index (Phi) is 7.30. The molecule has 0 aromatic carbocycles. The zero-order valence-corrected chi connectivity index (χ0v) is 12.4. The molecule has 2 unspecified atom stereocenters. The van der Waals surface area contributed by atoms with Crippen molar-refractivity contribution in [3.05, 3.63) is 0 Å². The van der Waals surface area contributed by atoms with Gasteiger partial charge in [-0.15, -0.1) is 0 Å². The van der Waals surface area contributed by atoms with Gasteiger partial charge < -0.3 is 20.6 Å². The van der Waals surface area contributed by atoms with E-state index in [2.05, 4.69) is 15.5 Å². The lowest BCUT2D eigenvalue weighted by atomic mass is 10.1. The highest BCUT2D eigenvalue weighted by Gasteiger charge is 2.18. The summed E-state index contributed by atoms with van der Waals surface area (Å²) in [5.41, 5.74) is 0. The zero-order valence-electron chi connectivity index (χ0n) is 12.4. The molecule has 1 aliphatic heterocycles. The monoisotopic (exact) mass is 272 g/mol. The first-order valence-electron chi connectivity index (χ1n) is 7.04. The van der Waals surface area contributed by atoms with Crippen molar-refractivity contribution in [2.45, 2.75) is 13.0 Å². The van der Waals surface area contributed by atoms with E-state index in [1.54, 1.807) is 7.05 Å². The summed E-state index contributed by atoms with van der Waals surface area (Å²) >= 11 is 0. The molecule has 0 radical (unpaired) electrons. The largest absolute Gasteiger partial charge is 0.390 e. The van der Waals surface area contributed by atoms with E-state index < -0.39 is 0 Å². The van der Waals surface area contributed by atoms with Gasteiger partial charge in [0.1, 0.15) is 0 Å². The van der Waals surface area contributed by atoms with Crippen LogP contribution in [0.25, 0.3) is 0 Å². The molecule has 0 aromatic rings. The average molecular weight is 272 g/mol. The highest BCUT2D eigenvalue weighted by molar-refractivity contribution is 5.78. The minimum absolute atomic E-state index is 0.0449. The molecule has 6 heteroatoms. The van der Waals surface area contributed by atoms with Crippen molar-refractivity contribution in [2.24, 2.45) is 5.92 Å². The smallest absolute Gasteiger partial charge is 0.223 e. The van der Waals surface area contributed by atoms with Crippen molar-refractivity contribution in [3.63, 3.8) is 0 Å². The lowest BCUT2D eigenvalue weighted by Gasteiger charge is -2.30. The first-order valence-corrected chi connectivity index (χ1v) is 7.04. The molecule has 1 aliphatic rings. The van der Waals surface area contributed by atoms with E-state index >= 15 is 0 Å². The highest BCUT2D eigenvalue weighted by Crippen LogP contribution is 2.01. The molecule has 0 spiro atoms. The summed E-state index contributed by atoms with van der Waals surface area (Å²) in [7, 11) is 3.60. The van der Waals surface area contributed by atoms with Crippen LogP contribution in [-0.2, 0) is 4.79 Å². The number of nitrogens with zero attached hydrogens (tertiary/aromatic N) is 2. The Morgan fingerprint density at radius 2 is 2.05 bits per heavy atom. The van der Waals surface area contributed by atoms with E-state index in [9.17, 15) is 9.90 Å². The van der Waals surface area contributed by atoms with Gasteiger partial charge in [-0.05, 0) is 7.05 Å². The maximum absolute atomic E-state index is 11.4. The quantitative estimate of drug-likeness (QED) is 0.530. The van der Waals surface area contributed by atoms with Crippen LogP contribution in [0.5, 0.6) is 0 Å². The molecule has 0 saturated carbocycles. The summed E-state index contributed by atoms with van der Waals surface area (Å²) in [5.74, 6) is -0.00942. The summed E-state index contributed by atoms with van der Waals surface area (Å²) in [6, 6.07) is 0. The Bertz CT molecular complexity index is 269. The Morgan fingerprint density at radius 1 is 1.42 bits per heavy atom. The predicted octanol–water partition coefficient (Wildman–Crippen LogP) is -1.43. The van der Waals surface area contributed by atoms with Gasteiger partial charge in [0, 0.05) is 58.8 Å². The zero-order chi connectivity index (χ0) is 14.3. The summed E-state index contributed by atoms with van der Waals surface area (Å²) in [5, 5.41) is 16.0. The third-order valence-electron chi connectivity index (χ3n) is 3.48. The van der Waals surface area contributed by atoms with Crippen LogP contribution < -0.4 is 10.6 Å². The summed E-state index contributed by atoms with van der Waals surface area (Å²) in [6.07, 6.45) is -0.361. The van der Waals surface area contributed by atoms with E-state index in [1.165, 1.54) is 0 Å². The van der Waals surface area contributed by atoms with E-state index in [-0.39, 0.29) is 17.9 Å². The van der Waals surface area contributed by atoms with Crippen LogP contribution in [0.1, 0.15) is 6.92 Å². The highest BCUT2D eigenvalue weighted by atomic mass is 16.3. The van der Waals surface area contributed by atoms with Crippen molar-refractivity contribution in [3.8, 4) is 0 Å². The van der Waals surface area contributed by atoms with Gasteiger partial charge in [0.25, 0.3) is 0 Å². The fourth-order valence-corrected chi connectivity index (χ4v) is 2.48. The molecule has 0 aliphatic carbocycles. The van der Waals surface area contributed by atoms with Crippen LogP contribution >= 0.6 is 0 Å². The van der Waals surface area contributed by atoms with Crippen LogP contribution in [0.3, 0.4) is 0 Å². The maximum atomic E-state index is 11.4. The lowest BCUT2D eigenvalue weighted by Crippen LogP contribution is -2.48. The number of hydrogen-bond donors (Lipinski definition) is 3. The number of nitrogens with one attached hydrogen (secondary N) is 2. The van der Waals surface area contributed by atoms with Crippen molar-refractivity contribution >= 4 is 5.91 Å². The van der Waals surface area contributed by atoms with Gasteiger partial charge >= 0.3 is 0 Å². The maximum Gasteiger partial charge on any atom is 0.223 e. The van der Waals surface area contributed by atoms with Crippen LogP contribution in [0.2, 0.25) is 0 Å². The normalized spacial score (nSPS) is 20.3. The van der Waals surface area contributed by atoms with Crippen LogP contribution in [0, 0.1) is 5.92 Å². The van der Waals surface area contributed by atoms with E-state index in [0.29, 0.717) is 19.6 Å². The standard InChI is InChI=1S/C13H28N4O2/c1-11(13(19)14-2)8-16(3)9-12(18)10-17-6-4-15-5-7-17/h11-12,15,18H,4-10H2,1-3H3,(H,14,19). The van der Waals surface area contributed by atoms with Crippen molar-refractivity contribution in [1.82, 2.24) is 20.4 Å². The van der Waals surface area contributed by atoms with Gasteiger partial charge in [0.05, 0.1) is 6.10 Å². The molecule has 112 valence electrons. The third-order valence-corrected chi connectivity index (χ3v) is 3.48. The van der Waals surface area contributed by atoms with Gasteiger partial charge in [-0.3, -0.25) is 9.69 Å². The van der Waals surface area contributed by atoms with Gasteiger partial charge in [0.2, 0.25) is 5.91 Å². The second kappa shape index (κ2) is 8.47. The molecule has 1 heterocycles. The van der Waals surface area contributed by atoms with E-state index in [0.717, 1.165) is 26.2 Å². The summed E-state index contributed by atoms with van der Waals surface area (Å²) < 4.78 is 0. The number of likely N-dealkylation sites (N-methyl/N-ethyl adjacent to an activating group) is 1. The Hall–Kier alpha value is -0.690. The number of carbonyl (C=O) groups excluding carboxylic acids is 1. The number of amides is 1. The minimum atomic E-state index is -0.361. The first-order chi connectivity index (χ1) is 9.02. The van der Waals surface area contributed by atoms with E-state index in [1.807, 2.05) is 18.9 Å².